The minimum Gasteiger partial charge on any atom is -0.381 e. The molecule has 0 saturated carbocycles. The number of aromatic nitrogens is 3. The number of piperidine rings is 1. The number of fused-ring (bicyclic) bond motifs is 1. The first kappa shape index (κ1) is 24.2. The molecule has 1 unspecified atom stereocenters. The Kier molecular flexibility index (Phi) is 7.17. The highest BCUT2D eigenvalue weighted by Gasteiger charge is 2.23. The van der Waals surface area contributed by atoms with E-state index in [4.69, 9.17) is 4.74 Å². The van der Waals surface area contributed by atoms with Gasteiger partial charge in [-0.15, -0.1) is 0 Å². The highest BCUT2D eigenvalue weighted by Crippen LogP contribution is 2.22. The lowest BCUT2D eigenvalue weighted by Crippen LogP contribution is -2.37. The van der Waals surface area contributed by atoms with Gasteiger partial charge in [0, 0.05) is 38.3 Å². The number of ether oxygens (including phenoxy) is 1. The molecule has 1 amide bonds. The van der Waals surface area contributed by atoms with Crippen LogP contribution in [0.4, 0.5) is 4.39 Å². The summed E-state index contributed by atoms with van der Waals surface area (Å²) in [6, 6.07) is 13.4. The second-order valence-corrected chi connectivity index (χ2v) is 10.1. The molecule has 1 aliphatic rings. The molecule has 1 atom stereocenters. The van der Waals surface area contributed by atoms with Gasteiger partial charge in [0.05, 0.1) is 40.2 Å². The number of benzene rings is 2. The van der Waals surface area contributed by atoms with Crippen molar-refractivity contribution < 1.29 is 18.1 Å². The van der Waals surface area contributed by atoms with Crippen molar-refractivity contribution in [2.24, 2.45) is 0 Å². The minimum atomic E-state index is -1.22. The Morgan fingerprint density at radius 3 is 2.50 bits per heavy atom. The molecular formula is C26H26FN5O3S. The lowest BCUT2D eigenvalue weighted by molar-refractivity contribution is 0.0614. The van der Waals surface area contributed by atoms with E-state index in [1.165, 1.54) is 18.3 Å². The van der Waals surface area contributed by atoms with Crippen LogP contribution in [0.15, 0.2) is 72.0 Å². The van der Waals surface area contributed by atoms with Crippen molar-refractivity contribution in [1.82, 2.24) is 24.4 Å². The van der Waals surface area contributed by atoms with E-state index < -0.39 is 11.0 Å². The van der Waals surface area contributed by atoms with Crippen LogP contribution in [0.5, 0.6) is 0 Å². The Bertz CT molecular complexity index is 1380. The molecule has 1 N–H and O–H groups in total. The maximum atomic E-state index is 13.3. The molecule has 2 aromatic carbocycles. The van der Waals surface area contributed by atoms with E-state index in [0.717, 1.165) is 36.4 Å². The molecule has 10 heteroatoms. The molecule has 1 saturated heterocycles. The van der Waals surface area contributed by atoms with Crippen LogP contribution in [-0.4, -0.2) is 55.5 Å². The Morgan fingerprint density at radius 2 is 1.81 bits per heavy atom. The predicted molar refractivity (Wildman–Crippen MR) is 134 cm³/mol. The molecule has 1 aliphatic heterocycles. The van der Waals surface area contributed by atoms with Crippen molar-refractivity contribution in [3.8, 4) is 5.69 Å². The average Bonchev–Trinajstić information content (AvgIpc) is 3.36. The number of carbonyl (C=O) groups is 1. The molecule has 0 bridgehead atoms. The molecule has 1 fully saturated rings. The molecule has 186 valence electrons. The smallest absolute Gasteiger partial charge is 0.253 e. The molecule has 0 spiro atoms. The van der Waals surface area contributed by atoms with Gasteiger partial charge in [-0.05, 0) is 54.8 Å². The number of methoxy groups -OCH3 is 1. The summed E-state index contributed by atoms with van der Waals surface area (Å²) in [4.78, 5) is 17.9. The summed E-state index contributed by atoms with van der Waals surface area (Å²) in [5.41, 5.74) is 2.62. The van der Waals surface area contributed by atoms with Crippen molar-refractivity contribution in [1.29, 1.82) is 0 Å². The van der Waals surface area contributed by atoms with E-state index in [9.17, 15) is 13.4 Å². The van der Waals surface area contributed by atoms with Crippen LogP contribution in [-0.2, 0) is 22.3 Å². The van der Waals surface area contributed by atoms with Gasteiger partial charge in [-0.2, -0.15) is 5.10 Å². The fraction of sp³-hybridized carbons (Fsp3) is 0.269. The molecular weight excluding hydrogens is 481 g/mol. The number of nitrogens with one attached hydrogen (secondary N) is 1. The lowest BCUT2D eigenvalue weighted by Gasteiger charge is -2.29. The number of hydrogen-bond donors (Lipinski definition) is 1. The van der Waals surface area contributed by atoms with E-state index >= 15 is 0 Å². The fourth-order valence-electron chi connectivity index (χ4n) is 4.29. The summed E-state index contributed by atoms with van der Waals surface area (Å²) < 4.78 is 35.2. The molecule has 36 heavy (non-hydrogen) atoms. The van der Waals surface area contributed by atoms with E-state index in [1.54, 1.807) is 36.3 Å². The third-order valence-electron chi connectivity index (χ3n) is 6.36. The molecule has 0 radical (unpaired) electrons. The van der Waals surface area contributed by atoms with Gasteiger partial charge in [-0.3, -0.25) is 9.78 Å². The lowest BCUT2D eigenvalue weighted by atomic mass is 10.1. The SMILES string of the molecule is COC1CCN(S(=O)c2ccc(CNC(=O)c3cncc4c3cnn4-c3ccc(F)cc3)cc2)CC1. The summed E-state index contributed by atoms with van der Waals surface area (Å²) in [7, 11) is 0.499. The summed E-state index contributed by atoms with van der Waals surface area (Å²) in [6.45, 7) is 1.79. The van der Waals surface area contributed by atoms with Gasteiger partial charge < -0.3 is 10.1 Å². The van der Waals surface area contributed by atoms with E-state index in [1.807, 2.05) is 28.6 Å². The number of hydrogen-bond acceptors (Lipinski definition) is 5. The fourth-order valence-corrected chi connectivity index (χ4v) is 5.50. The molecule has 8 nitrogen and oxygen atoms in total. The van der Waals surface area contributed by atoms with Crippen LogP contribution in [0, 0.1) is 5.82 Å². The van der Waals surface area contributed by atoms with Crippen LogP contribution >= 0.6 is 0 Å². The van der Waals surface area contributed by atoms with Crippen LogP contribution in [0.2, 0.25) is 0 Å². The van der Waals surface area contributed by atoms with E-state index in [0.29, 0.717) is 28.7 Å². The van der Waals surface area contributed by atoms with Gasteiger partial charge in [-0.1, -0.05) is 12.1 Å². The van der Waals surface area contributed by atoms with Crippen molar-refractivity contribution in [2.45, 2.75) is 30.4 Å². The predicted octanol–water partition coefficient (Wildman–Crippen LogP) is 3.62. The number of halogens is 1. The third-order valence-corrected chi connectivity index (χ3v) is 7.87. The van der Waals surface area contributed by atoms with Crippen molar-refractivity contribution in [3.63, 3.8) is 0 Å². The highest BCUT2D eigenvalue weighted by molar-refractivity contribution is 7.82. The molecule has 0 aliphatic carbocycles. The molecule has 5 rings (SSSR count). The average molecular weight is 508 g/mol. The minimum absolute atomic E-state index is 0.238. The zero-order valence-corrected chi connectivity index (χ0v) is 20.6. The third kappa shape index (κ3) is 5.06. The second kappa shape index (κ2) is 10.7. The Hall–Kier alpha value is -3.47. The van der Waals surface area contributed by atoms with Gasteiger partial charge in [-0.25, -0.2) is 17.6 Å². The van der Waals surface area contributed by atoms with Gasteiger partial charge in [0.15, 0.2) is 0 Å². The van der Waals surface area contributed by atoms with Crippen LogP contribution in [0.1, 0.15) is 28.8 Å². The Labute approximate surface area is 210 Å². The number of carbonyl (C=O) groups excluding carboxylic acids is 1. The zero-order valence-electron chi connectivity index (χ0n) is 19.8. The van der Waals surface area contributed by atoms with Crippen molar-refractivity contribution in [2.75, 3.05) is 20.2 Å². The van der Waals surface area contributed by atoms with Gasteiger partial charge >= 0.3 is 0 Å². The van der Waals surface area contributed by atoms with Gasteiger partial charge in [0.25, 0.3) is 5.91 Å². The zero-order chi connectivity index (χ0) is 25.1. The van der Waals surface area contributed by atoms with Crippen LogP contribution in [0.3, 0.4) is 0 Å². The normalized spacial score (nSPS) is 15.7. The summed E-state index contributed by atoms with van der Waals surface area (Å²) in [6.07, 6.45) is 6.72. The summed E-state index contributed by atoms with van der Waals surface area (Å²) >= 11 is 0. The highest BCUT2D eigenvalue weighted by atomic mass is 32.2. The van der Waals surface area contributed by atoms with E-state index in [-0.39, 0.29) is 17.8 Å². The van der Waals surface area contributed by atoms with E-state index in [2.05, 4.69) is 15.4 Å². The topological polar surface area (TPSA) is 89.3 Å². The quantitative estimate of drug-likeness (QED) is 0.413. The summed E-state index contributed by atoms with van der Waals surface area (Å²) in [5, 5.41) is 7.93. The molecule has 2 aromatic heterocycles. The van der Waals surface area contributed by atoms with Gasteiger partial charge in [0.2, 0.25) is 0 Å². The first-order chi connectivity index (χ1) is 17.5. The Balaban J connectivity index is 1.24. The molecule has 3 heterocycles. The maximum Gasteiger partial charge on any atom is 0.253 e. The van der Waals surface area contributed by atoms with Gasteiger partial charge in [0.1, 0.15) is 16.8 Å². The number of pyridine rings is 1. The van der Waals surface area contributed by atoms with Crippen LogP contribution in [0.25, 0.3) is 16.6 Å². The first-order valence-corrected chi connectivity index (χ1v) is 12.8. The monoisotopic (exact) mass is 507 g/mol. The number of amides is 1. The van der Waals surface area contributed by atoms with Crippen molar-refractivity contribution >= 4 is 27.8 Å². The standard InChI is InChI=1S/C26H26FN5O3S/c1-35-21-10-12-31(13-11-21)36(34)22-8-2-18(3-9-22)14-29-26(33)24-15-28-17-25-23(24)16-30-32(25)20-6-4-19(27)5-7-20/h2-9,15-17,21H,10-14H2,1H3,(H,29,33). The second-order valence-electron chi connectivity index (χ2n) is 8.59. The number of rotatable bonds is 7. The largest absolute Gasteiger partial charge is 0.381 e. The molecule has 4 aromatic rings. The Morgan fingerprint density at radius 1 is 1.08 bits per heavy atom. The maximum absolute atomic E-state index is 13.3. The van der Waals surface area contributed by atoms with Crippen LogP contribution < -0.4 is 5.32 Å². The number of nitrogens with zero attached hydrogens (tertiary/aromatic N) is 4. The summed E-state index contributed by atoms with van der Waals surface area (Å²) in [5.74, 6) is -0.611. The van der Waals surface area contributed by atoms with Crippen molar-refractivity contribution in [3.05, 3.63) is 84.1 Å². The first-order valence-electron chi connectivity index (χ1n) is 11.7.